The summed E-state index contributed by atoms with van der Waals surface area (Å²) in [6.45, 7) is 2.08. The SMILES string of the molecule is [B]CC([B])C(=O)OCC. The molecule has 0 aliphatic heterocycles. The Balaban J connectivity index is 3.46. The van der Waals surface area contributed by atoms with Gasteiger partial charge in [0.1, 0.15) is 0 Å². The molecule has 0 aromatic rings. The molecule has 0 saturated carbocycles. The zero-order valence-electron chi connectivity index (χ0n) is 5.46. The second kappa shape index (κ2) is 4.48. The molecule has 0 bridgehead atoms. The monoisotopic (exact) mass is 122 g/mol. The van der Waals surface area contributed by atoms with Gasteiger partial charge in [0.25, 0.3) is 5.97 Å². The predicted octanol–water partition coefficient (Wildman–Crippen LogP) is 0.0933. The average Bonchev–Trinajstić information content (AvgIpc) is 1.87. The molecule has 0 aliphatic rings. The van der Waals surface area contributed by atoms with Gasteiger partial charge in [0, 0.05) is 5.82 Å². The molecule has 4 radical (unpaired) electrons. The maximum atomic E-state index is 10.5. The van der Waals surface area contributed by atoms with Crippen molar-refractivity contribution in [3.63, 3.8) is 0 Å². The van der Waals surface area contributed by atoms with Crippen LogP contribution in [0.2, 0.25) is 12.1 Å². The average molecular weight is 122 g/mol. The van der Waals surface area contributed by atoms with E-state index in [1.807, 2.05) is 0 Å². The van der Waals surface area contributed by atoms with Gasteiger partial charge in [-0.25, -0.2) is 0 Å². The Morgan fingerprint density at radius 2 is 2.33 bits per heavy atom. The maximum absolute atomic E-state index is 10.5. The quantitative estimate of drug-likeness (QED) is 0.391. The van der Waals surface area contributed by atoms with E-state index in [2.05, 4.69) is 4.74 Å². The van der Waals surface area contributed by atoms with Gasteiger partial charge in [-0.15, -0.1) is 0 Å². The molecule has 0 aromatic heterocycles. The molecule has 0 rings (SSSR count). The summed E-state index contributed by atoms with van der Waals surface area (Å²) < 4.78 is 4.55. The molecule has 0 heterocycles. The molecular formula is C5H8B2O2. The molecule has 0 aromatic carbocycles. The van der Waals surface area contributed by atoms with Gasteiger partial charge in [0.15, 0.2) is 0 Å². The van der Waals surface area contributed by atoms with E-state index < -0.39 is 11.8 Å². The van der Waals surface area contributed by atoms with Crippen LogP contribution in [0.4, 0.5) is 0 Å². The largest absolute Gasteiger partial charge is 0.466 e. The van der Waals surface area contributed by atoms with Crippen molar-refractivity contribution < 1.29 is 9.53 Å². The van der Waals surface area contributed by atoms with Crippen molar-refractivity contribution in [1.82, 2.24) is 0 Å². The summed E-state index contributed by atoms with van der Waals surface area (Å²) in [5.74, 6) is -1.09. The van der Waals surface area contributed by atoms with Crippen molar-refractivity contribution in [3.8, 4) is 0 Å². The van der Waals surface area contributed by atoms with Crippen LogP contribution in [-0.2, 0) is 9.53 Å². The highest BCUT2D eigenvalue weighted by atomic mass is 16.5. The fraction of sp³-hybridized carbons (Fsp3) is 0.800. The molecular weight excluding hydrogens is 114 g/mol. The lowest BCUT2D eigenvalue weighted by atomic mass is 9.77. The van der Waals surface area contributed by atoms with Crippen molar-refractivity contribution in [1.29, 1.82) is 0 Å². The van der Waals surface area contributed by atoms with Crippen molar-refractivity contribution in [3.05, 3.63) is 0 Å². The van der Waals surface area contributed by atoms with Crippen LogP contribution in [0.5, 0.6) is 0 Å². The fourth-order valence-corrected chi connectivity index (χ4v) is 0.346. The Morgan fingerprint density at radius 3 is 2.67 bits per heavy atom. The Kier molecular flexibility index (Phi) is 4.28. The van der Waals surface area contributed by atoms with Crippen molar-refractivity contribution in [2.75, 3.05) is 6.61 Å². The molecule has 0 fully saturated rings. The van der Waals surface area contributed by atoms with Crippen LogP contribution >= 0.6 is 0 Å². The highest BCUT2D eigenvalue weighted by molar-refractivity contribution is 6.27. The Labute approximate surface area is 57.8 Å². The smallest absolute Gasteiger partial charge is 0.299 e. The molecule has 1 unspecified atom stereocenters. The first-order chi connectivity index (χ1) is 4.22. The lowest BCUT2D eigenvalue weighted by Crippen LogP contribution is -2.11. The lowest BCUT2D eigenvalue weighted by molar-refractivity contribution is -0.142. The summed E-state index contributed by atoms with van der Waals surface area (Å²) in [7, 11) is 10.3. The molecule has 9 heavy (non-hydrogen) atoms. The van der Waals surface area contributed by atoms with Crippen LogP contribution in [-0.4, -0.2) is 28.3 Å². The standard InChI is InChI=1S/C5H8B2O2/c1-2-9-5(8)4(7)3-6/h4H,2-3H2,1H3. The maximum Gasteiger partial charge on any atom is 0.299 e. The van der Waals surface area contributed by atoms with Crippen molar-refractivity contribution in [2.45, 2.75) is 19.1 Å². The number of ether oxygens (including phenoxy) is 1. The highest BCUT2D eigenvalue weighted by Crippen LogP contribution is 2.04. The van der Waals surface area contributed by atoms with Gasteiger partial charge >= 0.3 is 0 Å². The number of hydrogen-bond acceptors (Lipinski definition) is 2. The first-order valence-corrected chi connectivity index (χ1v) is 2.84. The molecule has 4 heteroatoms. The van der Waals surface area contributed by atoms with E-state index >= 15 is 0 Å². The molecule has 0 aliphatic carbocycles. The van der Waals surface area contributed by atoms with Crippen LogP contribution < -0.4 is 0 Å². The number of hydrogen-bond donors (Lipinski definition) is 0. The van der Waals surface area contributed by atoms with Gasteiger partial charge in [0.05, 0.1) is 22.3 Å². The van der Waals surface area contributed by atoms with E-state index in [-0.39, 0.29) is 6.32 Å². The molecule has 46 valence electrons. The van der Waals surface area contributed by atoms with Crippen LogP contribution in [0, 0.1) is 0 Å². The topological polar surface area (TPSA) is 26.3 Å². The molecule has 0 saturated heterocycles. The predicted molar refractivity (Wildman–Crippen MR) is 36.7 cm³/mol. The summed E-state index contributed by atoms with van der Waals surface area (Å²) in [5.41, 5.74) is 0. The van der Waals surface area contributed by atoms with Crippen LogP contribution in [0.1, 0.15) is 6.92 Å². The van der Waals surface area contributed by atoms with E-state index in [1.54, 1.807) is 6.92 Å². The van der Waals surface area contributed by atoms with E-state index in [0.29, 0.717) is 6.61 Å². The van der Waals surface area contributed by atoms with Gasteiger partial charge in [-0.2, -0.15) is 0 Å². The third-order valence-electron chi connectivity index (χ3n) is 0.843. The minimum absolute atomic E-state index is 0.138. The highest BCUT2D eigenvalue weighted by Gasteiger charge is 2.08. The summed E-state index contributed by atoms with van der Waals surface area (Å²) in [6.07, 6.45) is 0.138. The Morgan fingerprint density at radius 1 is 1.78 bits per heavy atom. The summed E-state index contributed by atoms with van der Waals surface area (Å²) >= 11 is 0. The number of rotatable bonds is 3. The van der Waals surface area contributed by atoms with Gasteiger partial charge in [-0.05, 0) is 6.92 Å². The van der Waals surface area contributed by atoms with Crippen LogP contribution in [0.25, 0.3) is 0 Å². The third-order valence-corrected chi connectivity index (χ3v) is 0.843. The molecule has 2 nitrogen and oxygen atoms in total. The first-order valence-electron chi connectivity index (χ1n) is 2.84. The van der Waals surface area contributed by atoms with Gasteiger partial charge in [-0.3, -0.25) is 4.79 Å². The van der Waals surface area contributed by atoms with Crippen LogP contribution in [0.15, 0.2) is 0 Å². The zero-order valence-corrected chi connectivity index (χ0v) is 5.46. The number of carbonyl (C=O) groups excluding carboxylic acids is 1. The molecule has 1 atom stereocenters. The van der Waals surface area contributed by atoms with E-state index in [9.17, 15) is 4.79 Å². The first kappa shape index (κ1) is 8.60. The summed E-state index contributed by atoms with van der Waals surface area (Å²) in [4.78, 5) is 10.5. The van der Waals surface area contributed by atoms with E-state index in [4.69, 9.17) is 15.7 Å². The molecule has 0 spiro atoms. The Hall–Kier alpha value is -0.400. The zero-order chi connectivity index (χ0) is 7.28. The fourth-order valence-electron chi connectivity index (χ4n) is 0.346. The van der Waals surface area contributed by atoms with Crippen molar-refractivity contribution in [2.24, 2.45) is 0 Å². The van der Waals surface area contributed by atoms with E-state index in [0.717, 1.165) is 0 Å². The van der Waals surface area contributed by atoms with E-state index in [1.165, 1.54) is 0 Å². The van der Waals surface area contributed by atoms with Crippen molar-refractivity contribution >= 4 is 21.7 Å². The lowest BCUT2D eigenvalue weighted by Gasteiger charge is -2.06. The summed E-state index contributed by atoms with van der Waals surface area (Å²) in [6, 6.07) is 0. The van der Waals surface area contributed by atoms with Crippen LogP contribution in [0.3, 0.4) is 0 Å². The second-order valence-electron chi connectivity index (χ2n) is 1.59. The minimum atomic E-state index is -0.662. The minimum Gasteiger partial charge on any atom is -0.466 e. The summed E-state index contributed by atoms with van der Waals surface area (Å²) in [5, 5.41) is 0. The van der Waals surface area contributed by atoms with Gasteiger partial charge in [0.2, 0.25) is 0 Å². The Bertz CT molecular complexity index is 95.0. The second-order valence-corrected chi connectivity index (χ2v) is 1.59. The normalized spacial score (nSPS) is 12.6. The third kappa shape index (κ3) is 3.22. The molecule has 0 amide bonds. The van der Waals surface area contributed by atoms with Gasteiger partial charge in [-0.1, -0.05) is 6.32 Å². The number of carbonyl (C=O) groups is 1. The van der Waals surface area contributed by atoms with Gasteiger partial charge < -0.3 is 4.74 Å². The number of esters is 1. The molecule has 0 N–H and O–H groups in total.